The van der Waals surface area contributed by atoms with Gasteiger partial charge in [-0.3, -0.25) is 24.3 Å². The van der Waals surface area contributed by atoms with Crippen LogP contribution in [0.25, 0.3) is 0 Å². The first-order valence-corrected chi connectivity index (χ1v) is 8.94. The second kappa shape index (κ2) is 8.14. The fourth-order valence-electron chi connectivity index (χ4n) is 2.90. The zero-order valence-corrected chi connectivity index (χ0v) is 16.8. The Labute approximate surface area is 170 Å². The van der Waals surface area contributed by atoms with Crippen LogP contribution in [0.1, 0.15) is 39.3 Å². The van der Waals surface area contributed by atoms with Gasteiger partial charge in [0.25, 0.3) is 5.91 Å². The molecule has 3 rings (SSSR count). The molecule has 3 aromatic heterocycles. The number of nitro groups is 1. The molecule has 158 valence electrons. The van der Waals surface area contributed by atoms with E-state index in [9.17, 15) is 19.7 Å². The zero-order chi connectivity index (χ0) is 22.0. The maximum Gasteiger partial charge on any atom is 0.360 e. The first-order chi connectivity index (χ1) is 14.2. The van der Waals surface area contributed by atoms with E-state index in [0.29, 0.717) is 17.9 Å². The van der Waals surface area contributed by atoms with E-state index >= 15 is 0 Å². The quantitative estimate of drug-likeness (QED) is 0.344. The number of hydrogen-bond acceptors (Lipinski definition) is 8. The number of hydrogen-bond donors (Lipinski definition) is 1. The molecule has 0 saturated carbocycles. The molecule has 0 aliphatic rings. The number of nitrogens with zero attached hydrogens (tertiary/aromatic N) is 7. The van der Waals surface area contributed by atoms with Crippen LogP contribution in [0.5, 0.6) is 0 Å². The first kappa shape index (κ1) is 20.7. The maximum atomic E-state index is 12.6. The molecule has 1 N–H and O–H groups in total. The third-order valence-electron chi connectivity index (χ3n) is 4.39. The molecule has 1 amide bonds. The number of carbonyl (C=O) groups is 2. The van der Waals surface area contributed by atoms with Gasteiger partial charge >= 0.3 is 11.7 Å². The van der Waals surface area contributed by atoms with Crippen LogP contribution < -0.4 is 5.32 Å². The molecule has 0 aromatic carbocycles. The van der Waals surface area contributed by atoms with Gasteiger partial charge in [-0.1, -0.05) is 0 Å². The van der Waals surface area contributed by atoms with Crippen molar-refractivity contribution in [2.45, 2.75) is 34.0 Å². The lowest BCUT2D eigenvalue weighted by Crippen LogP contribution is -2.17. The highest BCUT2D eigenvalue weighted by atomic mass is 16.6. The van der Waals surface area contributed by atoms with Crippen molar-refractivity contribution in [3.63, 3.8) is 0 Å². The summed E-state index contributed by atoms with van der Waals surface area (Å²) in [5.41, 5.74) is 0.911. The van der Waals surface area contributed by atoms with Crippen LogP contribution in [-0.4, -0.2) is 53.3 Å². The molecule has 0 aliphatic heterocycles. The predicted octanol–water partition coefficient (Wildman–Crippen LogP) is 1.37. The molecule has 0 bridgehead atoms. The van der Waals surface area contributed by atoms with E-state index in [1.165, 1.54) is 33.4 Å². The number of rotatable bonds is 7. The molecule has 0 spiro atoms. The average Bonchev–Trinajstić information content (AvgIpc) is 3.39. The minimum Gasteiger partial charge on any atom is -0.464 e. The van der Waals surface area contributed by atoms with Crippen LogP contribution in [0.3, 0.4) is 0 Å². The number of anilines is 1. The summed E-state index contributed by atoms with van der Waals surface area (Å²) >= 11 is 0. The molecule has 30 heavy (non-hydrogen) atoms. The number of esters is 1. The van der Waals surface area contributed by atoms with Gasteiger partial charge in [0.15, 0.2) is 11.4 Å². The van der Waals surface area contributed by atoms with E-state index < -0.39 is 16.8 Å². The van der Waals surface area contributed by atoms with E-state index in [0.717, 1.165) is 0 Å². The van der Waals surface area contributed by atoms with Crippen LogP contribution >= 0.6 is 0 Å². The normalized spacial score (nSPS) is 10.8. The van der Waals surface area contributed by atoms with Crippen molar-refractivity contribution in [3.05, 3.63) is 51.4 Å². The molecule has 0 fully saturated rings. The van der Waals surface area contributed by atoms with Gasteiger partial charge in [0.05, 0.1) is 17.7 Å². The van der Waals surface area contributed by atoms with Gasteiger partial charge < -0.3 is 10.1 Å². The molecule has 0 aliphatic carbocycles. The van der Waals surface area contributed by atoms with Crippen molar-refractivity contribution >= 4 is 23.3 Å². The summed E-state index contributed by atoms with van der Waals surface area (Å²) in [5.74, 6) is -1.22. The lowest BCUT2D eigenvalue weighted by atomic mass is 10.3. The smallest absolute Gasteiger partial charge is 0.360 e. The van der Waals surface area contributed by atoms with Gasteiger partial charge in [0.1, 0.15) is 18.1 Å². The van der Waals surface area contributed by atoms with Gasteiger partial charge in [0.2, 0.25) is 0 Å². The highest BCUT2D eigenvalue weighted by molar-refractivity contribution is 6.06. The SMILES string of the molecule is CCn1cc(NC(=O)c2ccn(Cn3nc(C)c([N+](=O)[O-])c3C)n2)c(C(=O)OC)n1. The van der Waals surface area contributed by atoms with E-state index in [1.54, 1.807) is 20.0 Å². The molecule has 3 aromatic rings. The fraction of sp³-hybridized carbons (Fsp3) is 0.353. The predicted molar refractivity (Wildman–Crippen MR) is 103 cm³/mol. The molecule has 3 heterocycles. The summed E-state index contributed by atoms with van der Waals surface area (Å²) < 4.78 is 9.04. The van der Waals surface area contributed by atoms with Gasteiger partial charge in [-0.2, -0.15) is 15.3 Å². The Morgan fingerprint density at radius 1 is 1.23 bits per heavy atom. The Hall–Kier alpha value is -4.03. The van der Waals surface area contributed by atoms with Gasteiger partial charge in [0, 0.05) is 18.9 Å². The Morgan fingerprint density at radius 2 is 1.97 bits per heavy atom. The zero-order valence-electron chi connectivity index (χ0n) is 16.8. The van der Waals surface area contributed by atoms with Crippen LogP contribution in [-0.2, 0) is 18.0 Å². The van der Waals surface area contributed by atoms with Gasteiger partial charge in [-0.15, -0.1) is 0 Å². The third-order valence-corrected chi connectivity index (χ3v) is 4.39. The number of aromatic nitrogens is 6. The number of ether oxygens (including phenoxy) is 1. The Morgan fingerprint density at radius 3 is 2.57 bits per heavy atom. The number of amides is 1. The summed E-state index contributed by atoms with van der Waals surface area (Å²) in [4.78, 5) is 35.1. The van der Waals surface area contributed by atoms with Crippen LogP contribution in [0, 0.1) is 24.0 Å². The average molecular weight is 416 g/mol. The molecule has 0 unspecified atom stereocenters. The van der Waals surface area contributed by atoms with Crippen molar-refractivity contribution < 1.29 is 19.2 Å². The number of carbonyl (C=O) groups excluding carboxylic acids is 2. The van der Waals surface area contributed by atoms with Crippen LogP contribution in [0.2, 0.25) is 0 Å². The molecule has 13 nitrogen and oxygen atoms in total. The minimum atomic E-state index is -0.672. The van der Waals surface area contributed by atoms with Crippen molar-refractivity contribution in [1.29, 1.82) is 0 Å². The van der Waals surface area contributed by atoms with Crippen LogP contribution in [0.4, 0.5) is 11.4 Å². The van der Waals surface area contributed by atoms with Crippen molar-refractivity contribution in [2.75, 3.05) is 12.4 Å². The first-order valence-electron chi connectivity index (χ1n) is 8.94. The number of aryl methyl sites for hydroxylation is 2. The van der Waals surface area contributed by atoms with Crippen molar-refractivity contribution in [2.24, 2.45) is 0 Å². The lowest BCUT2D eigenvalue weighted by Gasteiger charge is -2.04. The molecule has 0 atom stereocenters. The standard InChI is InChI=1S/C17H20N8O5/c1-5-22-8-13(14(21-22)17(27)30-4)18-16(26)12-6-7-23(20-12)9-24-11(3)15(25(28)29)10(2)19-24/h6-8H,5,9H2,1-4H3,(H,18,26). The summed E-state index contributed by atoms with van der Waals surface area (Å²) in [7, 11) is 1.23. The fourth-order valence-corrected chi connectivity index (χ4v) is 2.90. The highest BCUT2D eigenvalue weighted by Crippen LogP contribution is 2.21. The number of methoxy groups -OCH3 is 1. The molecular formula is C17H20N8O5. The second-order valence-corrected chi connectivity index (χ2v) is 6.35. The van der Waals surface area contributed by atoms with Crippen LogP contribution in [0.15, 0.2) is 18.5 Å². The number of nitrogens with one attached hydrogen (secondary N) is 1. The van der Waals surface area contributed by atoms with E-state index in [4.69, 9.17) is 0 Å². The Bertz CT molecular complexity index is 1130. The molecule has 0 radical (unpaired) electrons. The minimum absolute atomic E-state index is 0.0120. The lowest BCUT2D eigenvalue weighted by molar-refractivity contribution is -0.386. The monoisotopic (exact) mass is 416 g/mol. The second-order valence-electron chi connectivity index (χ2n) is 6.35. The summed E-state index contributed by atoms with van der Waals surface area (Å²) in [6.07, 6.45) is 3.07. The van der Waals surface area contributed by atoms with Crippen molar-refractivity contribution in [3.8, 4) is 0 Å². The Balaban J connectivity index is 1.78. The van der Waals surface area contributed by atoms with E-state index in [-0.39, 0.29) is 29.4 Å². The third kappa shape index (κ3) is 3.90. The van der Waals surface area contributed by atoms with E-state index in [2.05, 4.69) is 25.3 Å². The maximum absolute atomic E-state index is 12.6. The summed E-state index contributed by atoms with van der Waals surface area (Å²) in [6, 6.07) is 1.48. The Kier molecular flexibility index (Phi) is 5.62. The highest BCUT2D eigenvalue weighted by Gasteiger charge is 2.23. The summed E-state index contributed by atoms with van der Waals surface area (Å²) in [5, 5.41) is 26.1. The topological polar surface area (TPSA) is 152 Å². The van der Waals surface area contributed by atoms with Gasteiger partial charge in [-0.25, -0.2) is 9.48 Å². The molecular weight excluding hydrogens is 396 g/mol. The summed E-state index contributed by atoms with van der Waals surface area (Å²) in [6.45, 7) is 5.58. The largest absolute Gasteiger partial charge is 0.464 e. The van der Waals surface area contributed by atoms with Gasteiger partial charge in [-0.05, 0) is 26.8 Å². The molecule has 13 heteroatoms. The van der Waals surface area contributed by atoms with Crippen molar-refractivity contribution in [1.82, 2.24) is 29.3 Å². The van der Waals surface area contributed by atoms with E-state index in [1.807, 2.05) is 6.92 Å². The molecule has 0 saturated heterocycles.